The lowest BCUT2D eigenvalue weighted by Crippen LogP contribution is -2.56. The third-order valence-corrected chi connectivity index (χ3v) is 5.39. The Balaban J connectivity index is 2.98. The lowest BCUT2D eigenvalue weighted by atomic mass is 9.98. The Morgan fingerprint density at radius 1 is 0.686 bits per heavy atom. The van der Waals surface area contributed by atoms with E-state index in [1.807, 2.05) is 71.9 Å². The standard InChI is InChI=1S/C27H41N3O5/c1-17(2)12-21(24(32)16-31)29-27(35)23(14-19(5)6)30-26(34)22(13-18(3)4)28-25(33)15-20-10-8-7-9-11-20/h7-11,16-19,21-23H,12-15H2,1-6H3,(H,28,33)(H,29,35)(H,30,34)/t21-,22-,23-/m0/s1. The molecule has 1 rings (SSSR count). The third kappa shape index (κ3) is 11.8. The Bertz CT molecular complexity index is 852. The van der Waals surface area contributed by atoms with Gasteiger partial charge in [-0.05, 0) is 42.6 Å². The predicted octanol–water partition coefficient (Wildman–Crippen LogP) is 2.59. The van der Waals surface area contributed by atoms with Gasteiger partial charge in [0.25, 0.3) is 0 Å². The van der Waals surface area contributed by atoms with Crippen molar-refractivity contribution in [3.63, 3.8) is 0 Å². The minimum atomic E-state index is -0.941. The number of aldehydes is 1. The fourth-order valence-corrected chi connectivity index (χ4v) is 3.78. The molecule has 0 spiro atoms. The monoisotopic (exact) mass is 487 g/mol. The number of benzene rings is 1. The number of carbonyl (C=O) groups excluding carboxylic acids is 5. The fraction of sp³-hybridized carbons (Fsp3) is 0.593. The largest absolute Gasteiger partial charge is 0.344 e. The molecule has 0 aliphatic carbocycles. The number of carbonyl (C=O) groups is 5. The van der Waals surface area contributed by atoms with Gasteiger partial charge in [0.2, 0.25) is 23.5 Å². The van der Waals surface area contributed by atoms with Gasteiger partial charge in [-0.2, -0.15) is 0 Å². The fourth-order valence-electron chi connectivity index (χ4n) is 3.78. The molecular weight excluding hydrogens is 446 g/mol. The Labute approximate surface area is 209 Å². The van der Waals surface area contributed by atoms with Crippen molar-refractivity contribution in [3.8, 4) is 0 Å². The van der Waals surface area contributed by atoms with Crippen LogP contribution in [0.4, 0.5) is 0 Å². The SMILES string of the molecule is CC(C)C[C@H](NC(=O)[C@H](CC(C)C)NC(=O)[C@H](CC(C)C)NC(=O)Cc1ccccc1)C(=O)C=O. The van der Waals surface area contributed by atoms with Gasteiger partial charge in [-0.15, -0.1) is 0 Å². The quantitative estimate of drug-likeness (QED) is 0.259. The first-order chi connectivity index (χ1) is 16.4. The summed E-state index contributed by atoms with van der Waals surface area (Å²) in [6.07, 6.45) is 1.42. The molecular formula is C27H41N3O5. The van der Waals surface area contributed by atoms with Gasteiger partial charge in [0, 0.05) is 0 Å². The second-order valence-electron chi connectivity index (χ2n) is 10.3. The molecule has 0 saturated heterocycles. The molecule has 8 heteroatoms. The van der Waals surface area contributed by atoms with E-state index in [-0.39, 0.29) is 36.4 Å². The number of hydrogen-bond acceptors (Lipinski definition) is 5. The summed E-state index contributed by atoms with van der Waals surface area (Å²) in [5, 5.41) is 8.22. The minimum absolute atomic E-state index is 0.0765. The van der Waals surface area contributed by atoms with E-state index in [1.165, 1.54) is 0 Å². The van der Waals surface area contributed by atoms with Crippen molar-refractivity contribution in [1.29, 1.82) is 0 Å². The van der Waals surface area contributed by atoms with E-state index in [1.54, 1.807) is 0 Å². The maximum Gasteiger partial charge on any atom is 0.243 e. The maximum absolute atomic E-state index is 13.2. The summed E-state index contributed by atoms with van der Waals surface area (Å²) < 4.78 is 0. The van der Waals surface area contributed by atoms with Crippen LogP contribution >= 0.6 is 0 Å². The highest BCUT2D eigenvalue weighted by molar-refractivity contribution is 6.28. The number of ketones is 1. The van der Waals surface area contributed by atoms with E-state index in [2.05, 4.69) is 16.0 Å². The van der Waals surface area contributed by atoms with Crippen LogP contribution in [0.1, 0.15) is 66.4 Å². The summed E-state index contributed by atoms with van der Waals surface area (Å²) in [5.74, 6) is -1.68. The summed E-state index contributed by atoms with van der Waals surface area (Å²) in [7, 11) is 0. The topological polar surface area (TPSA) is 121 Å². The van der Waals surface area contributed by atoms with Crippen molar-refractivity contribution < 1.29 is 24.0 Å². The summed E-state index contributed by atoms with van der Waals surface area (Å²) in [6.45, 7) is 11.5. The molecule has 3 atom stereocenters. The van der Waals surface area contributed by atoms with Crippen LogP contribution in [0.3, 0.4) is 0 Å². The molecule has 35 heavy (non-hydrogen) atoms. The van der Waals surface area contributed by atoms with Crippen LogP contribution in [0.25, 0.3) is 0 Å². The van der Waals surface area contributed by atoms with Gasteiger partial charge in [0.05, 0.1) is 12.5 Å². The Hall–Kier alpha value is -3.03. The van der Waals surface area contributed by atoms with Crippen molar-refractivity contribution in [2.24, 2.45) is 17.8 Å². The van der Waals surface area contributed by atoms with Gasteiger partial charge in [-0.3, -0.25) is 24.0 Å². The van der Waals surface area contributed by atoms with Gasteiger partial charge < -0.3 is 16.0 Å². The summed E-state index contributed by atoms with van der Waals surface area (Å²) in [6, 6.07) is 6.58. The zero-order valence-corrected chi connectivity index (χ0v) is 21.8. The molecule has 1 aromatic carbocycles. The summed E-state index contributed by atoms with van der Waals surface area (Å²) >= 11 is 0. The normalized spacial score (nSPS) is 13.7. The lowest BCUT2D eigenvalue weighted by Gasteiger charge is -2.26. The van der Waals surface area contributed by atoms with Gasteiger partial charge in [-0.25, -0.2) is 0 Å². The smallest absolute Gasteiger partial charge is 0.243 e. The molecule has 0 heterocycles. The molecule has 3 amide bonds. The number of Topliss-reactive ketones (excluding diaryl/α,β-unsaturated/α-hetero) is 1. The molecule has 0 aliphatic rings. The van der Waals surface area contributed by atoms with Gasteiger partial charge >= 0.3 is 0 Å². The first-order valence-corrected chi connectivity index (χ1v) is 12.4. The maximum atomic E-state index is 13.2. The second kappa shape index (κ2) is 15.1. The molecule has 0 aromatic heterocycles. The van der Waals surface area contributed by atoms with E-state index in [0.717, 1.165) is 5.56 Å². The highest BCUT2D eigenvalue weighted by Gasteiger charge is 2.30. The van der Waals surface area contributed by atoms with Crippen LogP contribution in [0.5, 0.6) is 0 Å². The van der Waals surface area contributed by atoms with Crippen molar-refractivity contribution in [3.05, 3.63) is 35.9 Å². The average Bonchev–Trinajstić information content (AvgIpc) is 2.76. The molecule has 0 fully saturated rings. The van der Waals surface area contributed by atoms with Crippen LogP contribution in [-0.2, 0) is 30.4 Å². The summed E-state index contributed by atoms with van der Waals surface area (Å²) in [5.41, 5.74) is 0.835. The molecule has 0 aliphatic heterocycles. The van der Waals surface area contributed by atoms with Gasteiger partial charge in [0.15, 0.2) is 6.29 Å². The van der Waals surface area contributed by atoms with Crippen molar-refractivity contribution in [2.45, 2.75) is 85.4 Å². The predicted molar refractivity (Wildman–Crippen MR) is 135 cm³/mol. The van der Waals surface area contributed by atoms with E-state index in [0.29, 0.717) is 19.3 Å². The van der Waals surface area contributed by atoms with Crippen molar-refractivity contribution >= 4 is 29.8 Å². The molecule has 194 valence electrons. The molecule has 0 radical (unpaired) electrons. The van der Waals surface area contributed by atoms with E-state index in [9.17, 15) is 24.0 Å². The van der Waals surface area contributed by atoms with Crippen LogP contribution in [-0.4, -0.2) is 47.9 Å². The molecule has 8 nitrogen and oxygen atoms in total. The molecule has 0 saturated carbocycles. The van der Waals surface area contributed by atoms with Gasteiger partial charge in [-0.1, -0.05) is 71.9 Å². The first kappa shape index (κ1) is 30.0. The number of hydrogen-bond donors (Lipinski definition) is 3. The Morgan fingerprint density at radius 2 is 1.11 bits per heavy atom. The zero-order valence-electron chi connectivity index (χ0n) is 21.8. The molecule has 1 aromatic rings. The first-order valence-electron chi connectivity index (χ1n) is 12.4. The van der Waals surface area contributed by atoms with Crippen LogP contribution < -0.4 is 16.0 Å². The number of amides is 3. The Morgan fingerprint density at radius 3 is 1.57 bits per heavy atom. The van der Waals surface area contributed by atoms with E-state index in [4.69, 9.17) is 0 Å². The second-order valence-corrected chi connectivity index (χ2v) is 10.3. The van der Waals surface area contributed by atoms with E-state index >= 15 is 0 Å². The Kier molecular flexibility index (Phi) is 12.9. The number of rotatable bonds is 15. The van der Waals surface area contributed by atoms with Crippen LogP contribution in [0.15, 0.2) is 30.3 Å². The molecule has 0 unspecified atom stereocenters. The van der Waals surface area contributed by atoms with Crippen LogP contribution in [0.2, 0.25) is 0 Å². The molecule has 3 N–H and O–H groups in total. The summed E-state index contributed by atoms with van der Waals surface area (Å²) in [4.78, 5) is 61.9. The van der Waals surface area contributed by atoms with Gasteiger partial charge in [0.1, 0.15) is 12.1 Å². The average molecular weight is 488 g/mol. The van der Waals surface area contributed by atoms with Crippen LogP contribution in [0, 0.1) is 17.8 Å². The third-order valence-electron chi connectivity index (χ3n) is 5.39. The zero-order chi connectivity index (χ0) is 26.5. The van der Waals surface area contributed by atoms with Crippen molar-refractivity contribution in [1.82, 2.24) is 16.0 Å². The lowest BCUT2D eigenvalue weighted by molar-refractivity contribution is -0.135. The highest BCUT2D eigenvalue weighted by atomic mass is 16.2. The van der Waals surface area contributed by atoms with Crippen molar-refractivity contribution in [2.75, 3.05) is 0 Å². The molecule has 0 bridgehead atoms. The van der Waals surface area contributed by atoms with E-state index < -0.39 is 35.7 Å². The highest BCUT2D eigenvalue weighted by Crippen LogP contribution is 2.11. The number of nitrogens with one attached hydrogen (secondary N) is 3. The minimum Gasteiger partial charge on any atom is -0.344 e.